The zero-order valence-electron chi connectivity index (χ0n) is 22.0. The first-order valence-electron chi connectivity index (χ1n) is 12.8. The first-order valence-corrected chi connectivity index (χ1v) is 13.8. The third kappa shape index (κ3) is 7.46. The smallest absolute Gasteiger partial charge is 0.416 e. The van der Waals surface area contributed by atoms with E-state index in [2.05, 4.69) is 15.8 Å². The van der Waals surface area contributed by atoms with E-state index in [4.69, 9.17) is 5.11 Å². The molecule has 3 aromatic carbocycles. The monoisotopic (exact) mass is 584 g/mol. The van der Waals surface area contributed by atoms with Crippen LogP contribution in [0.2, 0.25) is 0 Å². The molecule has 0 aromatic heterocycles. The van der Waals surface area contributed by atoms with Gasteiger partial charge in [-0.1, -0.05) is 25.1 Å². The number of aryl methyl sites for hydroxylation is 1. The van der Waals surface area contributed by atoms with Gasteiger partial charge in [0.1, 0.15) is 0 Å². The number of carboxylic acids is 1. The van der Waals surface area contributed by atoms with Crippen LogP contribution in [0.25, 0.3) is 0 Å². The molecule has 0 radical (unpaired) electrons. The molecule has 0 aliphatic carbocycles. The van der Waals surface area contributed by atoms with Crippen molar-refractivity contribution < 1.29 is 32.7 Å². The highest BCUT2D eigenvalue weighted by atomic mass is 32.2. The van der Waals surface area contributed by atoms with E-state index in [1.807, 2.05) is 25.1 Å². The summed E-state index contributed by atoms with van der Waals surface area (Å²) >= 11 is 1.59. The molecule has 3 amide bonds. The van der Waals surface area contributed by atoms with Crippen molar-refractivity contribution in [2.45, 2.75) is 37.3 Å². The minimum absolute atomic E-state index is 0.0358. The maximum absolute atomic E-state index is 13.1. The second kappa shape index (κ2) is 12.9. The molecule has 0 unspecified atom stereocenters. The van der Waals surface area contributed by atoms with Crippen LogP contribution in [0.3, 0.4) is 0 Å². The quantitative estimate of drug-likeness (QED) is 0.145. The Kier molecular flexibility index (Phi) is 9.33. The van der Waals surface area contributed by atoms with Gasteiger partial charge in [0.25, 0.3) is 5.91 Å². The zero-order chi connectivity index (χ0) is 29.6. The van der Waals surface area contributed by atoms with E-state index >= 15 is 0 Å². The number of amides is 3. The van der Waals surface area contributed by atoms with E-state index in [9.17, 15) is 27.6 Å². The van der Waals surface area contributed by atoms with Gasteiger partial charge in [0.2, 0.25) is 0 Å². The SMILES string of the molecule is CCCN1C(=O)C(=NNC(=O)Nc2cccc(C(F)(F)F)c2)c2cc(SCCCc3ccc(C(=O)O)cc3)ccc21. The van der Waals surface area contributed by atoms with Gasteiger partial charge in [-0.3, -0.25) is 4.79 Å². The van der Waals surface area contributed by atoms with Gasteiger partial charge in [-0.05, 0) is 79.1 Å². The largest absolute Gasteiger partial charge is 0.478 e. The molecule has 0 atom stereocenters. The Balaban J connectivity index is 1.42. The van der Waals surface area contributed by atoms with Crippen LogP contribution in [0.4, 0.5) is 29.3 Å². The molecule has 0 saturated carbocycles. The van der Waals surface area contributed by atoms with Crippen LogP contribution in [0, 0.1) is 0 Å². The number of carbonyl (C=O) groups excluding carboxylic acids is 2. The maximum Gasteiger partial charge on any atom is 0.416 e. The number of benzene rings is 3. The molecule has 8 nitrogen and oxygen atoms in total. The summed E-state index contributed by atoms with van der Waals surface area (Å²) in [6.45, 7) is 2.39. The van der Waals surface area contributed by atoms with E-state index < -0.39 is 23.7 Å². The van der Waals surface area contributed by atoms with Crippen molar-refractivity contribution >= 4 is 46.8 Å². The average Bonchev–Trinajstić information content (AvgIpc) is 3.19. The van der Waals surface area contributed by atoms with Crippen molar-refractivity contribution in [2.75, 3.05) is 22.5 Å². The Morgan fingerprint density at radius 3 is 2.49 bits per heavy atom. The highest BCUT2D eigenvalue weighted by Gasteiger charge is 2.34. The number of hydrogen-bond donors (Lipinski definition) is 3. The fraction of sp³-hybridized carbons (Fsp3) is 0.241. The first kappa shape index (κ1) is 29.7. The maximum atomic E-state index is 13.1. The second-order valence-corrected chi connectivity index (χ2v) is 10.4. The highest BCUT2D eigenvalue weighted by Crippen LogP contribution is 2.34. The number of thioether (sulfide) groups is 1. The van der Waals surface area contributed by atoms with Crippen LogP contribution in [-0.4, -0.2) is 41.0 Å². The number of nitrogens with one attached hydrogen (secondary N) is 2. The molecule has 12 heteroatoms. The number of hydrogen-bond acceptors (Lipinski definition) is 5. The molecule has 1 heterocycles. The number of aromatic carboxylic acids is 1. The number of alkyl halides is 3. The normalized spacial score (nSPS) is 13.8. The number of nitrogens with zero attached hydrogens (tertiary/aromatic N) is 2. The van der Waals surface area contributed by atoms with Gasteiger partial charge in [-0.2, -0.15) is 18.3 Å². The van der Waals surface area contributed by atoms with Crippen LogP contribution in [-0.2, 0) is 17.4 Å². The summed E-state index contributed by atoms with van der Waals surface area (Å²) in [5.74, 6) is -0.571. The standard InChI is InChI=1S/C29H27F3N4O4S/c1-2-14-36-24-13-12-22(41-15-4-5-18-8-10-19(11-9-18)27(38)39)17-23(24)25(26(36)37)34-35-28(40)33-21-7-3-6-20(16-21)29(30,31)32/h3,6-13,16-17H,2,4-5,14-15H2,1H3,(H,38,39)(H2,33,35,40). The number of rotatable bonds is 10. The zero-order valence-corrected chi connectivity index (χ0v) is 22.8. The predicted molar refractivity (Wildman–Crippen MR) is 152 cm³/mol. The van der Waals surface area contributed by atoms with Gasteiger partial charge in [0.05, 0.1) is 16.8 Å². The Labute approximate surface area is 238 Å². The Hall–Kier alpha value is -4.32. The summed E-state index contributed by atoms with van der Waals surface area (Å²) in [6.07, 6.45) is -2.24. The molecular weight excluding hydrogens is 557 g/mol. The van der Waals surface area contributed by atoms with Crippen molar-refractivity contribution in [1.82, 2.24) is 5.43 Å². The third-order valence-electron chi connectivity index (χ3n) is 6.21. The van der Waals surface area contributed by atoms with Gasteiger partial charge < -0.3 is 15.3 Å². The molecular formula is C29H27F3N4O4S. The molecule has 0 bridgehead atoms. The van der Waals surface area contributed by atoms with Crippen LogP contribution < -0.4 is 15.6 Å². The fourth-order valence-electron chi connectivity index (χ4n) is 4.26. The molecule has 0 fully saturated rings. The van der Waals surface area contributed by atoms with Crippen molar-refractivity contribution in [3.8, 4) is 0 Å². The highest BCUT2D eigenvalue weighted by molar-refractivity contribution is 7.99. The number of anilines is 2. The lowest BCUT2D eigenvalue weighted by Crippen LogP contribution is -2.33. The minimum atomic E-state index is -4.56. The number of fused-ring (bicyclic) bond motifs is 1. The summed E-state index contributed by atoms with van der Waals surface area (Å²) in [7, 11) is 0. The Morgan fingerprint density at radius 1 is 1.05 bits per heavy atom. The number of urea groups is 1. The molecule has 3 N–H and O–H groups in total. The summed E-state index contributed by atoms with van der Waals surface area (Å²) in [4.78, 5) is 39.0. The molecule has 1 aliphatic rings. The molecule has 0 saturated heterocycles. The molecule has 4 rings (SSSR count). The summed E-state index contributed by atoms with van der Waals surface area (Å²) in [6, 6.07) is 15.7. The lowest BCUT2D eigenvalue weighted by molar-refractivity contribution is -0.137. The summed E-state index contributed by atoms with van der Waals surface area (Å²) < 4.78 is 38.9. The van der Waals surface area contributed by atoms with Crippen LogP contribution in [0.15, 0.2) is 76.7 Å². The number of carbonyl (C=O) groups is 3. The Morgan fingerprint density at radius 2 is 1.80 bits per heavy atom. The minimum Gasteiger partial charge on any atom is -0.478 e. The lowest BCUT2D eigenvalue weighted by atomic mass is 10.1. The van der Waals surface area contributed by atoms with E-state index in [0.717, 1.165) is 41.2 Å². The number of carboxylic acid groups (broad SMARTS) is 1. The molecule has 0 spiro atoms. The van der Waals surface area contributed by atoms with Crippen LogP contribution >= 0.6 is 11.8 Å². The topological polar surface area (TPSA) is 111 Å². The van der Waals surface area contributed by atoms with Gasteiger partial charge in [0.15, 0.2) is 5.71 Å². The van der Waals surface area contributed by atoms with Gasteiger partial charge in [-0.15, -0.1) is 11.8 Å². The van der Waals surface area contributed by atoms with Gasteiger partial charge in [0, 0.05) is 22.7 Å². The second-order valence-electron chi connectivity index (χ2n) is 9.19. The number of halogens is 3. The van der Waals surface area contributed by atoms with Crippen molar-refractivity contribution in [3.05, 3.63) is 89.0 Å². The van der Waals surface area contributed by atoms with Gasteiger partial charge in [-0.25, -0.2) is 15.0 Å². The van der Waals surface area contributed by atoms with Crippen LogP contribution in [0.1, 0.15) is 46.8 Å². The van der Waals surface area contributed by atoms with Crippen molar-refractivity contribution in [3.63, 3.8) is 0 Å². The Bertz CT molecular complexity index is 1480. The van der Waals surface area contributed by atoms with E-state index in [0.29, 0.717) is 24.2 Å². The lowest BCUT2D eigenvalue weighted by Gasteiger charge is -2.15. The summed E-state index contributed by atoms with van der Waals surface area (Å²) in [5, 5.41) is 15.4. The van der Waals surface area contributed by atoms with Gasteiger partial charge >= 0.3 is 18.2 Å². The van der Waals surface area contributed by atoms with E-state index in [1.165, 1.54) is 12.1 Å². The van der Waals surface area contributed by atoms with Crippen LogP contribution in [0.5, 0.6) is 0 Å². The number of hydrazone groups is 1. The fourth-order valence-corrected chi connectivity index (χ4v) is 5.15. The molecule has 41 heavy (non-hydrogen) atoms. The van der Waals surface area contributed by atoms with Crippen molar-refractivity contribution in [1.29, 1.82) is 0 Å². The third-order valence-corrected chi connectivity index (χ3v) is 7.29. The average molecular weight is 585 g/mol. The van der Waals surface area contributed by atoms with E-state index in [-0.39, 0.29) is 22.9 Å². The first-order chi connectivity index (χ1) is 19.6. The van der Waals surface area contributed by atoms with E-state index in [1.54, 1.807) is 40.9 Å². The van der Waals surface area contributed by atoms with Crippen molar-refractivity contribution in [2.24, 2.45) is 5.10 Å². The molecule has 214 valence electrons. The summed E-state index contributed by atoms with van der Waals surface area (Å²) in [5.41, 5.74) is 3.79. The molecule has 3 aromatic rings. The molecule has 1 aliphatic heterocycles. The predicted octanol–water partition coefficient (Wildman–Crippen LogP) is 6.41.